The summed E-state index contributed by atoms with van der Waals surface area (Å²) in [5, 5.41) is 21.4. The van der Waals surface area contributed by atoms with E-state index in [0.29, 0.717) is 29.7 Å². The number of anilines is 1. The van der Waals surface area contributed by atoms with E-state index >= 15 is 0 Å². The van der Waals surface area contributed by atoms with Crippen LogP contribution < -0.4 is 4.90 Å². The van der Waals surface area contributed by atoms with Gasteiger partial charge in [-0.15, -0.1) is 0 Å². The van der Waals surface area contributed by atoms with Crippen molar-refractivity contribution >= 4 is 5.95 Å². The normalized spacial score (nSPS) is 37.3. The standard InChI is InChI=1S/C29H38N4O2/c1-17-11-18(2)31-26(30-17)33-15-20-14-28-8-7-23(33)25(20)29(28)9-10-32(16-27(3,4)35)24(28)12-19-5-6-21(34)13-22(19)29/h5-6,11,13,20,23-25,34-35H,7-10,12,14-16H2,1-4H3/t20-,23?,24?,25?,28?,29?/m1/s1. The molecule has 0 amide bonds. The lowest BCUT2D eigenvalue weighted by Crippen LogP contribution is -2.70. The number of phenolic OH excluding ortho intramolecular Hbond substituents is 1. The van der Waals surface area contributed by atoms with Gasteiger partial charge in [-0.1, -0.05) is 6.07 Å². The molecule has 0 spiro atoms. The number of fused-ring (bicyclic) bond motifs is 1. The fraction of sp³-hybridized carbons (Fsp3) is 0.655. The smallest absolute Gasteiger partial charge is 0.226 e. The molecule has 2 aromatic rings. The number of piperidine rings is 1. The van der Waals surface area contributed by atoms with Gasteiger partial charge < -0.3 is 15.1 Å². The zero-order chi connectivity index (χ0) is 24.3. The van der Waals surface area contributed by atoms with Gasteiger partial charge >= 0.3 is 0 Å². The number of aromatic nitrogens is 2. The second-order valence-corrected chi connectivity index (χ2v) is 12.9. The van der Waals surface area contributed by atoms with Gasteiger partial charge in [-0.3, -0.25) is 4.90 Å². The molecule has 6 nitrogen and oxygen atoms in total. The number of aliphatic hydroxyl groups is 1. The number of β-amino-alcohol motifs (C(OH)–C–C–N with tert-alkyl or cyclic N) is 1. The summed E-state index contributed by atoms with van der Waals surface area (Å²) in [5.41, 5.74) is 4.53. The number of aryl methyl sites for hydroxylation is 2. The van der Waals surface area contributed by atoms with Crippen molar-refractivity contribution in [1.29, 1.82) is 0 Å². The number of likely N-dealkylation sites (tertiary alicyclic amines) is 1. The van der Waals surface area contributed by atoms with Gasteiger partial charge in [0.25, 0.3) is 0 Å². The minimum Gasteiger partial charge on any atom is -0.508 e. The monoisotopic (exact) mass is 474 g/mol. The summed E-state index contributed by atoms with van der Waals surface area (Å²) >= 11 is 0. The Morgan fingerprint density at radius 3 is 2.63 bits per heavy atom. The van der Waals surface area contributed by atoms with E-state index in [-0.39, 0.29) is 10.8 Å². The molecular formula is C29H38N4O2. The lowest BCUT2D eigenvalue weighted by Gasteiger charge is -2.67. The van der Waals surface area contributed by atoms with Crippen LogP contribution in [-0.4, -0.2) is 62.4 Å². The van der Waals surface area contributed by atoms with Crippen molar-refractivity contribution in [3.63, 3.8) is 0 Å². The quantitative estimate of drug-likeness (QED) is 0.706. The van der Waals surface area contributed by atoms with Crippen LogP contribution in [0, 0.1) is 31.1 Å². The number of rotatable bonds is 3. The zero-order valence-corrected chi connectivity index (χ0v) is 21.5. The molecule has 1 aromatic heterocycles. The second kappa shape index (κ2) is 6.98. The van der Waals surface area contributed by atoms with Crippen molar-refractivity contribution in [2.24, 2.45) is 17.3 Å². The molecule has 2 aliphatic heterocycles. The van der Waals surface area contributed by atoms with E-state index in [0.717, 1.165) is 49.8 Å². The number of aromatic hydroxyl groups is 1. The largest absolute Gasteiger partial charge is 0.508 e. The topological polar surface area (TPSA) is 72.7 Å². The van der Waals surface area contributed by atoms with Crippen LogP contribution in [0.15, 0.2) is 24.3 Å². The summed E-state index contributed by atoms with van der Waals surface area (Å²) in [4.78, 5) is 14.9. The van der Waals surface area contributed by atoms with Crippen molar-refractivity contribution < 1.29 is 10.2 Å². The lowest BCUT2D eigenvalue weighted by atomic mass is 9.43. The third kappa shape index (κ3) is 2.84. The molecule has 7 rings (SSSR count). The Morgan fingerprint density at radius 2 is 1.89 bits per heavy atom. The molecule has 186 valence electrons. The maximum Gasteiger partial charge on any atom is 0.226 e. The van der Waals surface area contributed by atoms with Gasteiger partial charge in [0, 0.05) is 42.0 Å². The molecule has 35 heavy (non-hydrogen) atoms. The average Bonchev–Trinajstić information content (AvgIpc) is 3.21. The molecule has 6 atom stereocenters. The Morgan fingerprint density at radius 1 is 1.11 bits per heavy atom. The molecule has 6 heteroatoms. The van der Waals surface area contributed by atoms with Gasteiger partial charge in [0.1, 0.15) is 5.75 Å². The van der Waals surface area contributed by atoms with E-state index in [9.17, 15) is 10.2 Å². The van der Waals surface area contributed by atoms with Crippen LogP contribution in [0.4, 0.5) is 5.95 Å². The van der Waals surface area contributed by atoms with Crippen LogP contribution in [0.1, 0.15) is 62.0 Å². The van der Waals surface area contributed by atoms with E-state index in [2.05, 4.69) is 41.8 Å². The highest BCUT2D eigenvalue weighted by molar-refractivity contribution is 5.53. The number of benzene rings is 1. The van der Waals surface area contributed by atoms with Crippen molar-refractivity contribution in [2.45, 2.75) is 82.9 Å². The van der Waals surface area contributed by atoms with Crippen LogP contribution in [0.2, 0.25) is 0 Å². The highest BCUT2D eigenvalue weighted by atomic mass is 16.3. The highest BCUT2D eigenvalue weighted by Crippen LogP contribution is 2.75. The predicted molar refractivity (Wildman–Crippen MR) is 136 cm³/mol. The summed E-state index contributed by atoms with van der Waals surface area (Å²) < 4.78 is 0. The average molecular weight is 475 g/mol. The summed E-state index contributed by atoms with van der Waals surface area (Å²) in [6.07, 6.45) is 5.75. The molecule has 1 aromatic carbocycles. The molecule has 5 aliphatic rings. The van der Waals surface area contributed by atoms with Gasteiger partial charge in [-0.25, -0.2) is 9.97 Å². The van der Waals surface area contributed by atoms with Crippen molar-refractivity contribution in [1.82, 2.24) is 14.9 Å². The van der Waals surface area contributed by atoms with Gasteiger partial charge in [0.05, 0.1) is 5.60 Å². The number of hydrogen-bond donors (Lipinski definition) is 2. The van der Waals surface area contributed by atoms with Crippen molar-refractivity contribution in [3.8, 4) is 5.75 Å². The van der Waals surface area contributed by atoms with E-state index in [1.54, 1.807) is 0 Å². The molecule has 4 fully saturated rings. The van der Waals surface area contributed by atoms with E-state index in [1.165, 1.54) is 30.4 Å². The van der Waals surface area contributed by atoms with Crippen LogP contribution in [0.3, 0.4) is 0 Å². The van der Waals surface area contributed by atoms with Crippen LogP contribution >= 0.6 is 0 Å². The third-order valence-corrected chi connectivity index (χ3v) is 10.4. The highest BCUT2D eigenvalue weighted by Gasteiger charge is 2.76. The predicted octanol–water partition coefficient (Wildman–Crippen LogP) is 3.74. The SMILES string of the molecule is Cc1cc(C)nc(N2C[C@H]3CC45CCC2C3C42CCN(CC(C)(C)O)C5Cc3ccc(O)cc32)n1. The molecular weight excluding hydrogens is 436 g/mol. The maximum absolute atomic E-state index is 10.8. The molecule has 2 saturated heterocycles. The second-order valence-electron chi connectivity index (χ2n) is 12.9. The Hall–Kier alpha value is -2.18. The summed E-state index contributed by atoms with van der Waals surface area (Å²) in [5.74, 6) is 2.49. The fourth-order valence-corrected chi connectivity index (χ4v) is 9.85. The minimum absolute atomic E-state index is 0.0846. The first-order chi connectivity index (χ1) is 16.6. The fourth-order valence-electron chi connectivity index (χ4n) is 9.85. The van der Waals surface area contributed by atoms with Crippen LogP contribution in [-0.2, 0) is 11.8 Å². The molecule has 2 saturated carbocycles. The number of hydrogen-bond acceptors (Lipinski definition) is 6. The van der Waals surface area contributed by atoms with Crippen molar-refractivity contribution in [3.05, 3.63) is 46.8 Å². The molecule has 3 heterocycles. The van der Waals surface area contributed by atoms with Gasteiger partial charge in [0.2, 0.25) is 5.95 Å². The van der Waals surface area contributed by atoms with Crippen LogP contribution in [0.5, 0.6) is 5.75 Å². The molecule has 5 unspecified atom stereocenters. The Balaban J connectivity index is 1.37. The Bertz CT molecular complexity index is 1190. The maximum atomic E-state index is 10.8. The van der Waals surface area contributed by atoms with E-state index in [4.69, 9.17) is 9.97 Å². The van der Waals surface area contributed by atoms with E-state index in [1.807, 2.05) is 19.9 Å². The van der Waals surface area contributed by atoms with E-state index < -0.39 is 5.60 Å². The number of nitrogens with zero attached hydrogens (tertiary/aromatic N) is 4. The lowest BCUT2D eigenvalue weighted by molar-refractivity contribution is -0.109. The Labute approximate surface area is 208 Å². The first-order valence-electron chi connectivity index (χ1n) is 13.5. The Kier molecular flexibility index (Phi) is 4.40. The van der Waals surface area contributed by atoms with Gasteiger partial charge in [-0.05, 0) is 113 Å². The van der Waals surface area contributed by atoms with Crippen LogP contribution in [0.25, 0.3) is 0 Å². The van der Waals surface area contributed by atoms with Gasteiger partial charge in [-0.2, -0.15) is 0 Å². The summed E-state index contributed by atoms with van der Waals surface area (Å²) in [6, 6.07) is 9.14. The number of phenols is 1. The molecule has 2 N–H and O–H groups in total. The first kappa shape index (κ1) is 22.1. The van der Waals surface area contributed by atoms with Gasteiger partial charge in [0.15, 0.2) is 0 Å². The molecule has 4 bridgehead atoms. The summed E-state index contributed by atoms with van der Waals surface area (Å²) in [7, 11) is 0. The molecule has 0 radical (unpaired) electrons. The summed E-state index contributed by atoms with van der Waals surface area (Å²) in [6.45, 7) is 10.8. The first-order valence-corrected chi connectivity index (χ1v) is 13.5. The zero-order valence-electron chi connectivity index (χ0n) is 21.5. The van der Waals surface area contributed by atoms with Crippen molar-refractivity contribution in [2.75, 3.05) is 24.5 Å². The third-order valence-electron chi connectivity index (χ3n) is 10.4. The minimum atomic E-state index is -0.700. The molecule has 3 aliphatic carbocycles.